The molecule has 4 heteroatoms. The third-order valence-electron chi connectivity index (χ3n) is 4.28. The third kappa shape index (κ3) is 2.58. The van der Waals surface area contributed by atoms with Crippen molar-refractivity contribution in [3.63, 3.8) is 0 Å². The maximum absolute atomic E-state index is 9.12. The quantitative estimate of drug-likeness (QED) is 0.483. The zero-order valence-electron chi connectivity index (χ0n) is 13.5. The molecule has 0 saturated carbocycles. The molecule has 0 radical (unpaired) electrons. The molecule has 0 saturated heterocycles. The zero-order valence-corrected chi connectivity index (χ0v) is 13.5. The summed E-state index contributed by atoms with van der Waals surface area (Å²) in [5, 5.41) is 6.24. The van der Waals surface area contributed by atoms with Gasteiger partial charge in [-0.05, 0) is 33.5 Å². The van der Waals surface area contributed by atoms with Gasteiger partial charge in [-0.1, -0.05) is 67.5 Å². The predicted molar refractivity (Wildman–Crippen MR) is 92.5 cm³/mol. The summed E-state index contributed by atoms with van der Waals surface area (Å²) in [4.78, 5) is 3.09. The van der Waals surface area contributed by atoms with E-state index in [9.17, 15) is 0 Å². The Bertz CT molecular complexity index is 873. The van der Waals surface area contributed by atoms with Crippen molar-refractivity contribution >= 4 is 12.2 Å². The van der Waals surface area contributed by atoms with Gasteiger partial charge in [0.05, 0.1) is 7.11 Å². The Morgan fingerprint density at radius 1 is 1.09 bits per heavy atom. The van der Waals surface area contributed by atoms with Crippen LogP contribution in [0.25, 0.3) is 22.6 Å². The van der Waals surface area contributed by atoms with Crippen LogP contribution in [0.15, 0.2) is 47.6 Å². The van der Waals surface area contributed by atoms with Gasteiger partial charge in [0.15, 0.2) is 0 Å². The highest BCUT2D eigenvalue weighted by Crippen LogP contribution is 2.39. The maximum atomic E-state index is 9.12. The SMILES string of the molecule is COc1cc(C(C)C)ccc1C1(N=[N+]=[N-])C=c2ccccc2=C1. The molecule has 1 aliphatic carbocycles. The number of methoxy groups -OCH3 is 1. The van der Waals surface area contributed by atoms with Crippen LogP contribution in [0.4, 0.5) is 0 Å². The molecule has 23 heavy (non-hydrogen) atoms. The summed E-state index contributed by atoms with van der Waals surface area (Å²) in [5.41, 5.74) is 10.3. The first-order chi connectivity index (χ1) is 11.1. The molecule has 1 aliphatic rings. The van der Waals surface area contributed by atoms with Crippen LogP contribution >= 0.6 is 0 Å². The Kier molecular flexibility index (Phi) is 3.85. The molecule has 0 amide bonds. The van der Waals surface area contributed by atoms with Crippen LogP contribution in [-0.4, -0.2) is 7.11 Å². The third-order valence-corrected chi connectivity index (χ3v) is 4.28. The molecule has 4 nitrogen and oxygen atoms in total. The second-order valence-electron chi connectivity index (χ2n) is 6.05. The Morgan fingerprint density at radius 3 is 2.26 bits per heavy atom. The van der Waals surface area contributed by atoms with E-state index in [-0.39, 0.29) is 0 Å². The summed E-state index contributed by atoms with van der Waals surface area (Å²) in [6, 6.07) is 14.1. The van der Waals surface area contributed by atoms with Gasteiger partial charge >= 0.3 is 0 Å². The number of fused-ring (bicyclic) bond motifs is 1. The topological polar surface area (TPSA) is 58.0 Å². The molecule has 0 aromatic heterocycles. The van der Waals surface area contributed by atoms with Crippen molar-refractivity contribution in [1.82, 2.24) is 0 Å². The highest BCUT2D eigenvalue weighted by molar-refractivity contribution is 5.69. The highest BCUT2D eigenvalue weighted by atomic mass is 16.5. The molecule has 0 heterocycles. The van der Waals surface area contributed by atoms with E-state index in [0.717, 1.165) is 21.8 Å². The smallest absolute Gasteiger partial charge is 0.123 e. The van der Waals surface area contributed by atoms with Gasteiger partial charge in [0.2, 0.25) is 0 Å². The van der Waals surface area contributed by atoms with Gasteiger partial charge in [0.1, 0.15) is 11.3 Å². The van der Waals surface area contributed by atoms with Crippen molar-refractivity contribution in [2.45, 2.75) is 25.3 Å². The minimum Gasteiger partial charge on any atom is -0.496 e. The second kappa shape index (κ2) is 5.82. The summed E-state index contributed by atoms with van der Waals surface area (Å²) in [6.45, 7) is 4.28. The van der Waals surface area contributed by atoms with E-state index in [2.05, 4.69) is 29.9 Å². The zero-order chi connectivity index (χ0) is 16.4. The van der Waals surface area contributed by atoms with E-state index in [1.54, 1.807) is 7.11 Å². The molecule has 2 aromatic rings. The first-order valence-corrected chi connectivity index (χ1v) is 7.65. The van der Waals surface area contributed by atoms with Crippen LogP contribution in [0.5, 0.6) is 5.75 Å². The average Bonchev–Trinajstić information content (AvgIpc) is 2.93. The van der Waals surface area contributed by atoms with Crippen molar-refractivity contribution in [2.24, 2.45) is 5.11 Å². The molecular formula is C19H19N3O. The molecule has 0 atom stereocenters. The normalized spacial score (nSPS) is 14.4. The number of rotatable bonds is 4. The number of ether oxygens (including phenoxy) is 1. The molecule has 0 aliphatic heterocycles. The second-order valence-corrected chi connectivity index (χ2v) is 6.05. The molecular weight excluding hydrogens is 286 g/mol. The fraction of sp³-hybridized carbons (Fsp3) is 0.263. The van der Waals surface area contributed by atoms with Gasteiger partial charge in [-0.25, -0.2) is 0 Å². The summed E-state index contributed by atoms with van der Waals surface area (Å²) >= 11 is 0. The van der Waals surface area contributed by atoms with Gasteiger partial charge in [-0.3, -0.25) is 0 Å². The van der Waals surface area contributed by atoms with Crippen LogP contribution < -0.4 is 15.2 Å². The minimum absolute atomic E-state index is 0.405. The Balaban J connectivity index is 2.26. The van der Waals surface area contributed by atoms with Gasteiger partial charge in [0, 0.05) is 10.5 Å². The highest BCUT2D eigenvalue weighted by Gasteiger charge is 2.32. The Hall–Kier alpha value is -2.71. The maximum Gasteiger partial charge on any atom is 0.123 e. The number of benzene rings is 2. The fourth-order valence-electron chi connectivity index (χ4n) is 3.03. The molecule has 2 aromatic carbocycles. The van der Waals surface area contributed by atoms with Crippen LogP contribution in [-0.2, 0) is 5.54 Å². The van der Waals surface area contributed by atoms with Crippen LogP contribution in [0.3, 0.4) is 0 Å². The first-order valence-electron chi connectivity index (χ1n) is 7.65. The Labute approximate surface area is 135 Å². The molecule has 0 N–H and O–H groups in total. The largest absolute Gasteiger partial charge is 0.496 e. The van der Waals surface area contributed by atoms with Crippen molar-refractivity contribution in [3.8, 4) is 5.75 Å². The van der Waals surface area contributed by atoms with Crippen LogP contribution in [0.2, 0.25) is 0 Å². The number of nitrogens with zero attached hydrogens (tertiary/aromatic N) is 3. The van der Waals surface area contributed by atoms with E-state index in [1.165, 1.54) is 5.56 Å². The molecule has 0 bridgehead atoms. The van der Waals surface area contributed by atoms with Crippen molar-refractivity contribution in [1.29, 1.82) is 0 Å². The van der Waals surface area contributed by atoms with Gasteiger partial charge < -0.3 is 4.74 Å². The summed E-state index contributed by atoms with van der Waals surface area (Å²) in [5.74, 6) is 1.14. The molecule has 3 rings (SSSR count). The fourth-order valence-corrected chi connectivity index (χ4v) is 3.03. The first kappa shape index (κ1) is 15.2. The van der Waals surface area contributed by atoms with Gasteiger partial charge in [0.25, 0.3) is 0 Å². The van der Waals surface area contributed by atoms with Crippen molar-refractivity contribution in [3.05, 3.63) is 74.5 Å². The predicted octanol–water partition coefficient (Wildman–Crippen LogP) is 3.60. The lowest BCUT2D eigenvalue weighted by molar-refractivity contribution is 0.405. The van der Waals surface area contributed by atoms with Gasteiger partial charge in [-0.2, -0.15) is 0 Å². The summed E-state index contributed by atoms with van der Waals surface area (Å²) in [7, 11) is 1.65. The molecule has 0 spiro atoms. The molecule has 0 unspecified atom stereocenters. The minimum atomic E-state index is -0.848. The standard InChI is InChI=1S/C19H19N3O/c1-13(2)14-8-9-17(18(10-14)23-3)19(21-22-20)11-15-6-4-5-7-16(15)12-19/h4-13H,1-3H3. The number of hydrogen-bond acceptors (Lipinski definition) is 2. The lowest BCUT2D eigenvalue weighted by atomic mass is 9.89. The van der Waals surface area contributed by atoms with Crippen LogP contribution in [0, 0.1) is 0 Å². The van der Waals surface area contributed by atoms with E-state index in [1.807, 2.05) is 48.6 Å². The summed E-state index contributed by atoms with van der Waals surface area (Å²) in [6.07, 6.45) is 3.99. The average molecular weight is 305 g/mol. The lowest BCUT2D eigenvalue weighted by Crippen LogP contribution is -2.19. The lowest BCUT2D eigenvalue weighted by Gasteiger charge is -2.23. The van der Waals surface area contributed by atoms with E-state index in [4.69, 9.17) is 10.3 Å². The van der Waals surface area contributed by atoms with E-state index in [0.29, 0.717) is 5.92 Å². The van der Waals surface area contributed by atoms with E-state index < -0.39 is 5.54 Å². The number of hydrogen-bond donors (Lipinski definition) is 0. The Morgan fingerprint density at radius 2 is 1.74 bits per heavy atom. The monoisotopic (exact) mass is 305 g/mol. The summed E-state index contributed by atoms with van der Waals surface area (Å²) < 4.78 is 5.60. The molecule has 0 fully saturated rings. The van der Waals surface area contributed by atoms with Gasteiger partial charge in [-0.15, -0.1) is 0 Å². The van der Waals surface area contributed by atoms with Crippen molar-refractivity contribution < 1.29 is 4.74 Å². The molecule has 116 valence electrons. The van der Waals surface area contributed by atoms with Crippen LogP contribution in [0.1, 0.15) is 30.9 Å². The van der Waals surface area contributed by atoms with Crippen molar-refractivity contribution in [2.75, 3.05) is 7.11 Å². The van der Waals surface area contributed by atoms with E-state index >= 15 is 0 Å². The number of azide groups is 1.